The maximum absolute atomic E-state index is 12.5. The van der Waals surface area contributed by atoms with Gasteiger partial charge in [-0.2, -0.15) is 0 Å². The molecule has 1 aromatic carbocycles. The lowest BCUT2D eigenvalue weighted by Crippen LogP contribution is -2.50. The number of carbonyl (C=O) groups is 1. The Morgan fingerprint density at radius 2 is 1.97 bits per heavy atom. The van der Waals surface area contributed by atoms with Crippen LogP contribution in [0.5, 0.6) is 0 Å². The van der Waals surface area contributed by atoms with Crippen molar-refractivity contribution in [1.82, 2.24) is 9.88 Å². The number of fused-ring (bicyclic) bond motifs is 1. The van der Waals surface area contributed by atoms with Gasteiger partial charge in [0, 0.05) is 23.9 Å². The first-order chi connectivity index (χ1) is 14.1. The molecular formula is C24H38N2O3Si. The van der Waals surface area contributed by atoms with Gasteiger partial charge in [-0.15, -0.1) is 0 Å². The maximum Gasteiger partial charge on any atom is 0.320 e. The molecule has 1 saturated heterocycles. The lowest BCUT2D eigenvalue weighted by atomic mass is 9.93. The van der Waals surface area contributed by atoms with Gasteiger partial charge >= 0.3 is 5.97 Å². The number of ether oxygens (including phenoxy) is 1. The normalized spacial score (nSPS) is 21.1. The highest BCUT2D eigenvalue weighted by Crippen LogP contribution is 2.39. The second kappa shape index (κ2) is 9.24. The third-order valence-corrected chi connectivity index (χ3v) is 11.4. The van der Waals surface area contributed by atoms with Crippen LogP contribution >= 0.6 is 0 Å². The van der Waals surface area contributed by atoms with E-state index in [4.69, 9.17) is 9.16 Å². The van der Waals surface area contributed by atoms with Gasteiger partial charge in [0.05, 0.1) is 19.2 Å². The predicted octanol–water partition coefficient (Wildman–Crippen LogP) is 5.65. The van der Waals surface area contributed by atoms with Crippen LogP contribution in [-0.4, -0.2) is 50.0 Å². The summed E-state index contributed by atoms with van der Waals surface area (Å²) in [5.41, 5.74) is 2.32. The van der Waals surface area contributed by atoms with Gasteiger partial charge in [-0.05, 0) is 61.8 Å². The third-order valence-electron chi connectivity index (χ3n) is 6.85. The highest BCUT2D eigenvalue weighted by molar-refractivity contribution is 6.74. The fraction of sp³-hybridized carbons (Fsp3) is 0.625. The van der Waals surface area contributed by atoms with Crippen molar-refractivity contribution in [2.75, 3.05) is 19.8 Å². The molecule has 0 bridgehead atoms. The largest absolute Gasteiger partial charge is 0.465 e. The minimum Gasteiger partial charge on any atom is -0.465 e. The maximum atomic E-state index is 12.5. The SMILES string of the molecule is CCOC(=O)CN1[C@@H](CO[Si](C)(C)C(C)(C)C)CCC[C@H]1c1cc2ccccc2[nH]1. The Bertz CT molecular complexity index is 822. The predicted molar refractivity (Wildman–Crippen MR) is 125 cm³/mol. The molecule has 1 aliphatic heterocycles. The zero-order valence-corrected chi connectivity index (χ0v) is 20.5. The average Bonchev–Trinajstić information content (AvgIpc) is 3.10. The molecule has 6 heteroatoms. The summed E-state index contributed by atoms with van der Waals surface area (Å²) >= 11 is 0. The first-order valence-electron chi connectivity index (χ1n) is 11.3. The van der Waals surface area contributed by atoms with Gasteiger partial charge in [0.15, 0.2) is 8.32 Å². The molecule has 0 spiro atoms. The summed E-state index contributed by atoms with van der Waals surface area (Å²) in [7, 11) is -1.85. The Morgan fingerprint density at radius 1 is 1.23 bits per heavy atom. The van der Waals surface area contributed by atoms with E-state index in [-0.39, 0.29) is 23.1 Å². The van der Waals surface area contributed by atoms with Gasteiger partial charge in [-0.25, -0.2) is 0 Å². The number of H-pyrrole nitrogens is 1. The molecule has 2 aromatic rings. The minimum atomic E-state index is -1.85. The Kier molecular flexibility index (Phi) is 7.10. The number of aromatic nitrogens is 1. The van der Waals surface area contributed by atoms with E-state index in [0.29, 0.717) is 19.8 Å². The number of nitrogens with zero attached hydrogens (tertiary/aromatic N) is 1. The number of nitrogens with one attached hydrogen (secondary N) is 1. The number of likely N-dealkylation sites (tertiary alicyclic amines) is 1. The molecule has 3 rings (SSSR count). The molecule has 1 aliphatic rings. The molecule has 2 atom stereocenters. The van der Waals surface area contributed by atoms with Crippen LogP contribution < -0.4 is 0 Å². The summed E-state index contributed by atoms with van der Waals surface area (Å²) in [6.07, 6.45) is 3.21. The van der Waals surface area contributed by atoms with Crippen molar-refractivity contribution < 1.29 is 14.0 Å². The van der Waals surface area contributed by atoms with Crippen molar-refractivity contribution in [3.05, 3.63) is 36.0 Å². The fourth-order valence-electron chi connectivity index (χ4n) is 4.04. The van der Waals surface area contributed by atoms with E-state index in [1.807, 2.05) is 6.92 Å². The second-order valence-corrected chi connectivity index (χ2v) is 14.8. The van der Waals surface area contributed by atoms with Gasteiger partial charge in [0.25, 0.3) is 0 Å². The van der Waals surface area contributed by atoms with Gasteiger partial charge in [0.2, 0.25) is 0 Å². The molecule has 1 fully saturated rings. The van der Waals surface area contributed by atoms with Crippen molar-refractivity contribution in [3.63, 3.8) is 0 Å². The highest BCUT2D eigenvalue weighted by atomic mass is 28.4. The van der Waals surface area contributed by atoms with Gasteiger partial charge in [-0.3, -0.25) is 9.69 Å². The van der Waals surface area contributed by atoms with Crippen molar-refractivity contribution in [3.8, 4) is 0 Å². The van der Waals surface area contributed by atoms with Crippen LogP contribution in [0, 0.1) is 0 Å². The number of benzene rings is 1. The van der Waals surface area contributed by atoms with Crippen LogP contribution in [0.2, 0.25) is 18.1 Å². The van der Waals surface area contributed by atoms with Crippen LogP contribution in [0.25, 0.3) is 10.9 Å². The zero-order valence-electron chi connectivity index (χ0n) is 19.5. The number of rotatable bonds is 7. The molecule has 30 heavy (non-hydrogen) atoms. The first-order valence-corrected chi connectivity index (χ1v) is 14.2. The molecule has 0 aliphatic carbocycles. The second-order valence-electron chi connectivity index (χ2n) is 9.96. The van der Waals surface area contributed by atoms with Crippen molar-refractivity contribution >= 4 is 25.2 Å². The van der Waals surface area contributed by atoms with Gasteiger partial charge in [0.1, 0.15) is 0 Å². The summed E-state index contributed by atoms with van der Waals surface area (Å²) in [6, 6.07) is 11.0. The minimum absolute atomic E-state index is 0.155. The lowest BCUT2D eigenvalue weighted by Gasteiger charge is -2.44. The number of aromatic amines is 1. The number of piperidine rings is 1. The van der Waals surface area contributed by atoms with E-state index in [1.165, 1.54) is 11.1 Å². The molecule has 5 nitrogen and oxygen atoms in total. The smallest absolute Gasteiger partial charge is 0.320 e. The quantitative estimate of drug-likeness (QED) is 0.456. The lowest BCUT2D eigenvalue weighted by molar-refractivity contribution is -0.146. The van der Waals surface area contributed by atoms with Gasteiger partial charge < -0.3 is 14.1 Å². The fourth-order valence-corrected chi connectivity index (χ4v) is 5.08. The van der Waals surface area contributed by atoms with Crippen LogP contribution in [0.4, 0.5) is 0 Å². The van der Waals surface area contributed by atoms with E-state index >= 15 is 0 Å². The van der Waals surface area contributed by atoms with Crippen LogP contribution in [-0.2, 0) is 14.0 Å². The molecule has 0 amide bonds. The Morgan fingerprint density at radius 3 is 2.63 bits per heavy atom. The molecule has 2 heterocycles. The van der Waals surface area contributed by atoms with E-state index in [0.717, 1.165) is 24.8 Å². The van der Waals surface area contributed by atoms with E-state index in [9.17, 15) is 4.79 Å². The first kappa shape index (κ1) is 23.0. The molecular weight excluding hydrogens is 392 g/mol. The Hall–Kier alpha value is -1.63. The van der Waals surface area contributed by atoms with Crippen LogP contribution in [0.3, 0.4) is 0 Å². The number of esters is 1. The standard InChI is InChI=1S/C24H38N2O3Si/c1-7-28-23(27)16-26-19(17-29-30(5,6)24(2,3)4)12-10-14-22(26)21-15-18-11-8-9-13-20(18)25-21/h8-9,11,13,15,19,22,25H,7,10,12,14,16-17H2,1-6H3/t19-,22+/m1/s1. The topological polar surface area (TPSA) is 54.6 Å². The van der Waals surface area contributed by atoms with Crippen molar-refractivity contribution in [2.45, 2.75) is 77.2 Å². The molecule has 0 radical (unpaired) electrons. The summed E-state index contributed by atoms with van der Waals surface area (Å²) in [4.78, 5) is 18.4. The van der Waals surface area contributed by atoms with E-state index in [1.54, 1.807) is 0 Å². The molecule has 0 unspecified atom stereocenters. The molecule has 1 N–H and O–H groups in total. The van der Waals surface area contributed by atoms with Crippen molar-refractivity contribution in [1.29, 1.82) is 0 Å². The molecule has 0 saturated carbocycles. The van der Waals surface area contributed by atoms with Crippen LogP contribution in [0.1, 0.15) is 58.7 Å². The van der Waals surface area contributed by atoms with Crippen molar-refractivity contribution in [2.24, 2.45) is 0 Å². The highest BCUT2D eigenvalue weighted by Gasteiger charge is 2.40. The number of hydrogen-bond donors (Lipinski definition) is 1. The molecule has 166 valence electrons. The number of hydrogen-bond acceptors (Lipinski definition) is 4. The Balaban J connectivity index is 1.84. The third kappa shape index (κ3) is 5.16. The van der Waals surface area contributed by atoms with E-state index < -0.39 is 8.32 Å². The summed E-state index contributed by atoms with van der Waals surface area (Å²) < 4.78 is 11.9. The Labute approximate surface area is 182 Å². The summed E-state index contributed by atoms with van der Waals surface area (Å²) in [6.45, 7) is 14.6. The summed E-state index contributed by atoms with van der Waals surface area (Å²) in [5.74, 6) is -0.155. The number of carbonyl (C=O) groups excluding carboxylic acids is 1. The molecule has 1 aromatic heterocycles. The van der Waals surface area contributed by atoms with Crippen LogP contribution in [0.15, 0.2) is 30.3 Å². The average molecular weight is 431 g/mol. The monoisotopic (exact) mass is 430 g/mol. The number of para-hydroxylation sites is 1. The summed E-state index contributed by atoms with van der Waals surface area (Å²) in [5, 5.41) is 1.38. The van der Waals surface area contributed by atoms with E-state index in [2.05, 4.69) is 74.1 Å². The zero-order chi connectivity index (χ0) is 21.9. The van der Waals surface area contributed by atoms with Gasteiger partial charge in [-0.1, -0.05) is 39.0 Å².